The first-order chi connectivity index (χ1) is 20.6. The molecule has 0 atom stereocenters. The summed E-state index contributed by atoms with van der Waals surface area (Å²) in [6.45, 7) is 5.69. The molecule has 4 aromatic rings. The summed E-state index contributed by atoms with van der Waals surface area (Å²) in [5.74, 6) is -0.195. The Morgan fingerprint density at radius 3 is 2.44 bits per heavy atom. The number of carbonyl (C=O) groups excluding carboxylic acids is 1. The molecule has 226 valence electrons. The Hall–Kier alpha value is -4.42. The molecule has 0 aliphatic carbocycles. The van der Waals surface area contributed by atoms with Crippen LogP contribution in [-0.2, 0) is 6.18 Å². The van der Waals surface area contributed by atoms with Gasteiger partial charge in [-0.25, -0.2) is 9.18 Å². The molecule has 1 aromatic heterocycles. The van der Waals surface area contributed by atoms with E-state index in [-0.39, 0.29) is 0 Å². The zero-order chi connectivity index (χ0) is 30.6. The number of carbonyl (C=O) groups is 1. The van der Waals surface area contributed by atoms with Gasteiger partial charge in [0.05, 0.1) is 17.9 Å². The summed E-state index contributed by atoms with van der Waals surface area (Å²) in [6, 6.07) is 15.3. The Morgan fingerprint density at radius 1 is 0.977 bits per heavy atom. The van der Waals surface area contributed by atoms with E-state index in [2.05, 4.69) is 32.5 Å². The number of likely N-dealkylation sites (N-methyl/N-ethyl adjacent to an activating group) is 1. The number of urea groups is 1. The number of halogens is 4. The van der Waals surface area contributed by atoms with Crippen molar-refractivity contribution in [3.8, 4) is 17.0 Å². The van der Waals surface area contributed by atoms with E-state index in [0.717, 1.165) is 61.0 Å². The van der Waals surface area contributed by atoms with Gasteiger partial charge in [0, 0.05) is 43.8 Å². The van der Waals surface area contributed by atoms with Crippen molar-refractivity contribution in [2.45, 2.75) is 12.6 Å². The van der Waals surface area contributed by atoms with Crippen molar-refractivity contribution in [3.63, 3.8) is 0 Å². The Balaban J connectivity index is 1.25. The molecule has 0 spiro atoms. The number of fused-ring (bicyclic) bond motifs is 1. The monoisotopic (exact) mass is 596 g/mol. The van der Waals surface area contributed by atoms with Crippen LogP contribution in [-0.4, -0.2) is 67.2 Å². The summed E-state index contributed by atoms with van der Waals surface area (Å²) >= 11 is 0. The summed E-state index contributed by atoms with van der Waals surface area (Å²) in [4.78, 5) is 21.6. The van der Waals surface area contributed by atoms with Gasteiger partial charge < -0.3 is 30.9 Å². The average Bonchev–Trinajstić information content (AvgIpc) is 2.97. The van der Waals surface area contributed by atoms with Crippen molar-refractivity contribution in [3.05, 3.63) is 78.1 Å². The maximum absolute atomic E-state index is 14.0. The van der Waals surface area contributed by atoms with Crippen LogP contribution in [0, 0.1) is 5.82 Å². The molecule has 3 aromatic carbocycles. The summed E-state index contributed by atoms with van der Waals surface area (Å²) in [7, 11) is 2.13. The maximum atomic E-state index is 14.0. The van der Waals surface area contributed by atoms with Crippen molar-refractivity contribution in [2.75, 3.05) is 62.7 Å². The van der Waals surface area contributed by atoms with Gasteiger partial charge in [0.25, 0.3) is 0 Å². The number of anilines is 3. The van der Waals surface area contributed by atoms with Gasteiger partial charge in [-0.3, -0.25) is 0 Å². The summed E-state index contributed by atoms with van der Waals surface area (Å²) in [6.07, 6.45) is -3.81. The number of alkyl halides is 3. The fraction of sp³-hybridized carbons (Fsp3) is 0.290. The predicted octanol–water partition coefficient (Wildman–Crippen LogP) is 6.30. The number of nitrogens with two attached hydrogens (primary N) is 1. The van der Waals surface area contributed by atoms with Crippen LogP contribution in [0.25, 0.3) is 21.9 Å². The number of nitrogens with zero attached hydrogens (tertiary/aromatic N) is 3. The predicted molar refractivity (Wildman–Crippen MR) is 160 cm³/mol. The summed E-state index contributed by atoms with van der Waals surface area (Å²) in [5, 5.41) is 6.31. The molecular weight excluding hydrogens is 564 g/mol. The normalized spacial score (nSPS) is 14.5. The largest absolute Gasteiger partial charge is 0.477 e. The third kappa shape index (κ3) is 7.51. The van der Waals surface area contributed by atoms with Gasteiger partial charge in [-0.1, -0.05) is 24.3 Å². The van der Waals surface area contributed by atoms with E-state index in [0.29, 0.717) is 42.2 Å². The third-order valence-electron chi connectivity index (χ3n) is 7.31. The second-order valence-corrected chi connectivity index (χ2v) is 10.4. The van der Waals surface area contributed by atoms with Gasteiger partial charge in [0.15, 0.2) is 0 Å². The highest BCUT2D eigenvalue weighted by atomic mass is 19.4. The number of rotatable bonds is 8. The first-order valence-corrected chi connectivity index (χ1v) is 13.8. The first kappa shape index (κ1) is 30.1. The number of aromatic nitrogens is 1. The molecular formula is C31H32F4N6O2. The van der Waals surface area contributed by atoms with Crippen LogP contribution in [0.4, 0.5) is 39.5 Å². The van der Waals surface area contributed by atoms with Crippen LogP contribution in [0.1, 0.15) is 12.0 Å². The SMILES string of the molecule is CN1CCN(CCCOc2nc(N)cc3c(-c4ccc(NC(=O)Nc5cc(C(F)(F)F)ccc5F)cc4)cccc23)CC1. The lowest BCUT2D eigenvalue weighted by Gasteiger charge is -2.32. The minimum absolute atomic E-state index is 0.325. The van der Waals surface area contributed by atoms with Crippen molar-refractivity contribution in [1.29, 1.82) is 0 Å². The van der Waals surface area contributed by atoms with E-state index in [1.165, 1.54) is 0 Å². The number of nitrogen functional groups attached to an aromatic ring is 1. The molecule has 0 saturated carbocycles. The second kappa shape index (κ2) is 12.8. The highest BCUT2D eigenvalue weighted by molar-refractivity contribution is 6.02. The van der Waals surface area contributed by atoms with Crippen LogP contribution in [0.3, 0.4) is 0 Å². The number of piperazine rings is 1. The van der Waals surface area contributed by atoms with Crippen molar-refractivity contribution < 1.29 is 27.1 Å². The standard InChI is InChI=1S/C31H32F4N6O2/c1-40-13-15-41(16-14-40)12-3-17-43-29-24-5-2-4-23(25(24)19-28(36)39-29)20-6-9-22(10-7-20)37-30(42)38-27-18-21(31(33,34)35)8-11-26(27)32/h2,4-11,18-19H,3,12-17H2,1H3,(H2,36,39)(H2,37,38,42). The highest BCUT2D eigenvalue weighted by Crippen LogP contribution is 2.35. The molecule has 0 bridgehead atoms. The van der Waals surface area contributed by atoms with Gasteiger partial charge >= 0.3 is 12.2 Å². The third-order valence-corrected chi connectivity index (χ3v) is 7.31. The molecule has 5 rings (SSSR count). The summed E-state index contributed by atoms with van der Waals surface area (Å²) < 4.78 is 59.0. The molecule has 2 heterocycles. The van der Waals surface area contributed by atoms with Gasteiger partial charge in [-0.15, -0.1) is 0 Å². The van der Waals surface area contributed by atoms with E-state index in [1.807, 2.05) is 18.2 Å². The number of nitrogens with one attached hydrogen (secondary N) is 2. The van der Waals surface area contributed by atoms with E-state index in [1.54, 1.807) is 30.3 Å². The minimum atomic E-state index is -4.67. The molecule has 43 heavy (non-hydrogen) atoms. The molecule has 2 amide bonds. The lowest BCUT2D eigenvalue weighted by atomic mass is 9.99. The van der Waals surface area contributed by atoms with Gasteiger partial charge in [0.1, 0.15) is 11.6 Å². The Morgan fingerprint density at radius 2 is 1.72 bits per heavy atom. The van der Waals surface area contributed by atoms with Crippen LogP contribution >= 0.6 is 0 Å². The van der Waals surface area contributed by atoms with Gasteiger partial charge in [-0.2, -0.15) is 18.2 Å². The fourth-order valence-corrected chi connectivity index (χ4v) is 4.97. The molecule has 0 radical (unpaired) electrons. The molecule has 12 heteroatoms. The quantitative estimate of drug-likeness (QED) is 0.163. The number of amides is 2. The van der Waals surface area contributed by atoms with Crippen molar-refractivity contribution in [1.82, 2.24) is 14.8 Å². The van der Waals surface area contributed by atoms with Crippen LogP contribution < -0.4 is 21.1 Å². The summed E-state index contributed by atoms with van der Waals surface area (Å²) in [5.41, 5.74) is 6.55. The molecule has 1 aliphatic heterocycles. The van der Waals surface area contributed by atoms with Crippen molar-refractivity contribution >= 4 is 34.0 Å². The fourth-order valence-electron chi connectivity index (χ4n) is 4.97. The van der Waals surface area contributed by atoms with Crippen molar-refractivity contribution in [2.24, 2.45) is 0 Å². The van der Waals surface area contributed by atoms with E-state index in [4.69, 9.17) is 10.5 Å². The van der Waals surface area contributed by atoms with E-state index < -0.39 is 29.3 Å². The minimum Gasteiger partial charge on any atom is -0.477 e. The Labute approximate surface area is 246 Å². The number of hydrogen-bond acceptors (Lipinski definition) is 6. The second-order valence-electron chi connectivity index (χ2n) is 10.4. The number of pyridine rings is 1. The smallest absolute Gasteiger partial charge is 0.416 e. The Kier molecular flexibility index (Phi) is 8.97. The topological polar surface area (TPSA) is 95.8 Å². The number of benzene rings is 3. The molecule has 1 saturated heterocycles. The zero-order valence-corrected chi connectivity index (χ0v) is 23.5. The molecule has 4 N–H and O–H groups in total. The number of ether oxygens (including phenoxy) is 1. The molecule has 1 fully saturated rings. The lowest BCUT2D eigenvalue weighted by molar-refractivity contribution is -0.137. The van der Waals surface area contributed by atoms with E-state index in [9.17, 15) is 22.4 Å². The van der Waals surface area contributed by atoms with Crippen LogP contribution in [0.15, 0.2) is 66.7 Å². The highest BCUT2D eigenvalue weighted by Gasteiger charge is 2.31. The van der Waals surface area contributed by atoms with Crippen LogP contribution in [0.5, 0.6) is 5.88 Å². The zero-order valence-electron chi connectivity index (χ0n) is 23.5. The Bertz CT molecular complexity index is 1590. The first-order valence-electron chi connectivity index (χ1n) is 13.8. The van der Waals surface area contributed by atoms with Crippen LogP contribution in [0.2, 0.25) is 0 Å². The number of hydrogen-bond donors (Lipinski definition) is 3. The average molecular weight is 597 g/mol. The molecule has 1 aliphatic rings. The molecule has 0 unspecified atom stereocenters. The van der Waals surface area contributed by atoms with Gasteiger partial charge in [-0.05, 0) is 72.4 Å². The molecule has 8 nitrogen and oxygen atoms in total. The maximum Gasteiger partial charge on any atom is 0.416 e. The van der Waals surface area contributed by atoms with E-state index >= 15 is 0 Å². The van der Waals surface area contributed by atoms with Gasteiger partial charge in [0.2, 0.25) is 5.88 Å². The lowest BCUT2D eigenvalue weighted by Crippen LogP contribution is -2.44.